The third kappa shape index (κ3) is 6.99. The number of methoxy groups -OCH3 is 2. The van der Waals surface area contributed by atoms with Gasteiger partial charge in [-0.05, 0) is 23.3 Å². The highest BCUT2D eigenvalue weighted by atomic mass is 19.4. The van der Waals surface area contributed by atoms with Gasteiger partial charge in [0, 0.05) is 18.1 Å². The van der Waals surface area contributed by atoms with Crippen LogP contribution in [0.3, 0.4) is 0 Å². The van der Waals surface area contributed by atoms with Crippen LogP contribution in [0.5, 0.6) is 0 Å². The van der Waals surface area contributed by atoms with E-state index in [1.54, 1.807) is 0 Å². The van der Waals surface area contributed by atoms with E-state index < -0.39 is 59.0 Å². The quantitative estimate of drug-likeness (QED) is 0.305. The number of hydrogen-bond donors (Lipinski definition) is 2. The number of non-ortho nitro benzene ring substituents is 1. The van der Waals surface area contributed by atoms with E-state index in [1.807, 2.05) is 0 Å². The van der Waals surface area contributed by atoms with Crippen molar-refractivity contribution in [3.05, 3.63) is 75.3 Å². The monoisotopic (exact) mass is 498 g/mol. The van der Waals surface area contributed by atoms with Gasteiger partial charge >= 0.3 is 18.1 Å². The minimum absolute atomic E-state index is 0.182. The van der Waals surface area contributed by atoms with Crippen molar-refractivity contribution in [3.8, 4) is 0 Å². The summed E-state index contributed by atoms with van der Waals surface area (Å²) in [5.74, 6) is -4.07. The number of nitrogens with one attached hydrogen (secondary N) is 1. The number of benzene rings is 2. The van der Waals surface area contributed by atoms with Crippen molar-refractivity contribution < 1.29 is 47.1 Å². The van der Waals surface area contributed by atoms with Crippen molar-refractivity contribution in [2.24, 2.45) is 0 Å². The number of carbonyl (C=O) groups excluding carboxylic acids is 3. The maximum absolute atomic E-state index is 12.8. The molecule has 0 spiro atoms. The van der Waals surface area contributed by atoms with E-state index in [9.17, 15) is 42.8 Å². The average molecular weight is 498 g/mol. The van der Waals surface area contributed by atoms with Crippen molar-refractivity contribution in [3.63, 3.8) is 0 Å². The van der Waals surface area contributed by atoms with Crippen LogP contribution in [0.2, 0.25) is 0 Å². The Balaban J connectivity index is 2.36. The molecule has 188 valence electrons. The van der Waals surface area contributed by atoms with E-state index in [0.29, 0.717) is 12.1 Å². The lowest BCUT2D eigenvalue weighted by atomic mass is 9.88. The van der Waals surface area contributed by atoms with Gasteiger partial charge in [-0.1, -0.05) is 24.3 Å². The highest BCUT2D eigenvalue weighted by Gasteiger charge is 2.36. The fourth-order valence-corrected chi connectivity index (χ4v) is 3.22. The Kier molecular flexibility index (Phi) is 8.89. The second kappa shape index (κ2) is 11.4. The Morgan fingerprint density at radius 2 is 1.54 bits per heavy atom. The molecule has 0 heterocycles. The number of alkyl halides is 3. The lowest BCUT2D eigenvalue weighted by Gasteiger charge is -2.27. The molecule has 0 aliphatic carbocycles. The molecule has 0 saturated carbocycles. The predicted octanol–water partition coefficient (Wildman–Crippen LogP) is 2.65. The second-order valence-electron chi connectivity index (χ2n) is 7.27. The Labute approximate surface area is 196 Å². The first-order chi connectivity index (χ1) is 16.4. The molecule has 0 aromatic heterocycles. The molecule has 0 bridgehead atoms. The molecule has 35 heavy (non-hydrogen) atoms. The van der Waals surface area contributed by atoms with Gasteiger partial charge in [-0.2, -0.15) is 13.2 Å². The summed E-state index contributed by atoms with van der Waals surface area (Å²) in [7, 11) is 2.11. The molecule has 0 radical (unpaired) electrons. The Morgan fingerprint density at radius 3 is 2.00 bits per heavy atom. The first-order valence-electron chi connectivity index (χ1n) is 9.93. The van der Waals surface area contributed by atoms with Crippen LogP contribution in [0, 0.1) is 10.1 Å². The summed E-state index contributed by atoms with van der Waals surface area (Å²) < 4.78 is 47.6. The smallest absolute Gasteiger partial charge is 0.416 e. The zero-order valence-electron chi connectivity index (χ0n) is 18.4. The molecule has 10 nitrogen and oxygen atoms in total. The van der Waals surface area contributed by atoms with E-state index in [1.165, 1.54) is 12.1 Å². The summed E-state index contributed by atoms with van der Waals surface area (Å²) in [5.41, 5.74) is -1.20. The molecule has 0 aliphatic rings. The molecular formula is C22H21F3N2O8. The van der Waals surface area contributed by atoms with Crippen LogP contribution in [0.25, 0.3) is 0 Å². The second-order valence-corrected chi connectivity index (χ2v) is 7.27. The van der Waals surface area contributed by atoms with Crippen LogP contribution in [-0.2, 0) is 30.0 Å². The number of nitro benzene ring substituents is 1. The van der Waals surface area contributed by atoms with Gasteiger partial charge in [-0.3, -0.25) is 19.7 Å². The molecule has 0 saturated heterocycles. The van der Waals surface area contributed by atoms with E-state index in [-0.39, 0.29) is 16.8 Å². The number of nitrogens with zero attached hydrogens (tertiary/aromatic N) is 1. The van der Waals surface area contributed by atoms with Crippen molar-refractivity contribution in [2.75, 3.05) is 14.2 Å². The number of halogens is 3. The minimum Gasteiger partial charge on any atom is -0.469 e. The first-order valence-corrected chi connectivity index (χ1v) is 9.93. The molecule has 0 fully saturated rings. The van der Waals surface area contributed by atoms with Gasteiger partial charge in [-0.15, -0.1) is 0 Å². The highest BCUT2D eigenvalue weighted by Crippen LogP contribution is 2.31. The maximum Gasteiger partial charge on any atom is 0.416 e. The van der Waals surface area contributed by atoms with E-state index in [0.717, 1.165) is 38.5 Å². The number of ether oxygens (including phenoxy) is 2. The number of rotatable bonds is 9. The summed E-state index contributed by atoms with van der Waals surface area (Å²) in [6.45, 7) is 0. The largest absolute Gasteiger partial charge is 0.469 e. The standard InChI is InChI=1S/C22H21F3N2O8/c1-34-17(28)11-16(12-5-9-15(10-6-12)27(32)33)18(21(31)35-2)26-20(30)19(29)13-3-7-14(8-4-13)22(23,24)25/h3-10,16,18-19,29H,11H2,1-2H3,(H,26,30)/t16-,18-,19-/m1/s1. The topological polar surface area (TPSA) is 145 Å². The molecule has 13 heteroatoms. The van der Waals surface area contributed by atoms with Crippen LogP contribution < -0.4 is 5.32 Å². The van der Waals surface area contributed by atoms with Gasteiger partial charge in [0.2, 0.25) is 0 Å². The van der Waals surface area contributed by atoms with Gasteiger partial charge in [0.05, 0.1) is 31.1 Å². The molecule has 1 amide bonds. The van der Waals surface area contributed by atoms with Gasteiger partial charge in [0.25, 0.3) is 11.6 Å². The third-order valence-electron chi connectivity index (χ3n) is 5.10. The first kappa shape index (κ1) is 27.2. The van der Waals surface area contributed by atoms with Crippen molar-refractivity contribution in [1.29, 1.82) is 0 Å². The third-order valence-corrected chi connectivity index (χ3v) is 5.10. The Bertz CT molecular complexity index is 1070. The van der Waals surface area contributed by atoms with E-state index in [2.05, 4.69) is 10.1 Å². The molecular weight excluding hydrogens is 477 g/mol. The number of esters is 2. The summed E-state index contributed by atoms with van der Waals surface area (Å²) in [5, 5.41) is 23.5. The molecule has 0 aliphatic heterocycles. The van der Waals surface area contributed by atoms with Crippen LogP contribution >= 0.6 is 0 Å². The predicted molar refractivity (Wildman–Crippen MR) is 113 cm³/mol. The number of amides is 1. The number of aliphatic hydroxyl groups excluding tert-OH is 1. The van der Waals surface area contributed by atoms with E-state index in [4.69, 9.17) is 4.74 Å². The number of hydrogen-bond acceptors (Lipinski definition) is 8. The normalized spacial score (nSPS) is 13.8. The van der Waals surface area contributed by atoms with Crippen LogP contribution in [0.15, 0.2) is 48.5 Å². The number of aliphatic hydroxyl groups is 1. The lowest BCUT2D eigenvalue weighted by molar-refractivity contribution is -0.384. The summed E-state index contributed by atoms with van der Waals surface area (Å²) in [6.07, 6.45) is -7.03. The molecule has 2 N–H and O–H groups in total. The van der Waals surface area contributed by atoms with Gasteiger partial charge in [0.15, 0.2) is 6.10 Å². The van der Waals surface area contributed by atoms with Crippen molar-refractivity contribution in [1.82, 2.24) is 5.32 Å². The Hall–Kier alpha value is -4.00. The zero-order chi connectivity index (χ0) is 26.3. The van der Waals surface area contributed by atoms with E-state index >= 15 is 0 Å². The van der Waals surface area contributed by atoms with Gasteiger partial charge in [-0.25, -0.2) is 4.79 Å². The summed E-state index contributed by atoms with van der Waals surface area (Å²) >= 11 is 0. The maximum atomic E-state index is 12.8. The van der Waals surface area contributed by atoms with Crippen molar-refractivity contribution >= 4 is 23.5 Å². The summed E-state index contributed by atoms with van der Waals surface area (Å²) in [6, 6.07) is 6.43. The molecule has 3 atom stereocenters. The Morgan fingerprint density at radius 1 is 1.00 bits per heavy atom. The fraction of sp³-hybridized carbons (Fsp3) is 0.318. The average Bonchev–Trinajstić information content (AvgIpc) is 2.84. The van der Waals surface area contributed by atoms with Crippen LogP contribution in [0.4, 0.5) is 18.9 Å². The molecule has 0 unspecified atom stereocenters. The molecule has 2 aromatic carbocycles. The van der Waals surface area contributed by atoms with Gasteiger partial charge in [0.1, 0.15) is 6.04 Å². The minimum atomic E-state index is -4.62. The lowest BCUT2D eigenvalue weighted by Crippen LogP contribution is -2.47. The fourth-order valence-electron chi connectivity index (χ4n) is 3.22. The molecule has 2 aromatic rings. The van der Waals surface area contributed by atoms with Crippen molar-refractivity contribution in [2.45, 2.75) is 30.7 Å². The zero-order valence-corrected chi connectivity index (χ0v) is 18.4. The number of carbonyl (C=O) groups is 3. The van der Waals surface area contributed by atoms with Crippen LogP contribution in [0.1, 0.15) is 35.1 Å². The molecule has 2 rings (SSSR count). The van der Waals surface area contributed by atoms with Crippen LogP contribution in [-0.4, -0.2) is 48.1 Å². The summed E-state index contributed by atoms with van der Waals surface area (Å²) in [4.78, 5) is 47.5. The number of nitro groups is 1. The highest BCUT2D eigenvalue weighted by molar-refractivity contribution is 5.88. The van der Waals surface area contributed by atoms with Gasteiger partial charge < -0.3 is 19.9 Å². The SMILES string of the molecule is COC(=O)C[C@H](c1ccc([N+](=O)[O-])cc1)[C@@H](NC(=O)[C@H](O)c1ccc(C(F)(F)F)cc1)C(=O)OC.